The van der Waals surface area contributed by atoms with Gasteiger partial charge in [-0.3, -0.25) is 9.67 Å². The third-order valence-electron chi connectivity index (χ3n) is 3.76. The maximum atomic E-state index is 5.69. The van der Waals surface area contributed by atoms with Crippen LogP contribution in [0.1, 0.15) is 24.8 Å². The summed E-state index contributed by atoms with van der Waals surface area (Å²) in [7, 11) is 1.80. The predicted molar refractivity (Wildman–Crippen MR) is 117 cm³/mol. The third kappa shape index (κ3) is 9.76. The van der Waals surface area contributed by atoms with Crippen LogP contribution in [0.5, 0.6) is 0 Å². The fraction of sp³-hybridized carbons (Fsp3) is 0.474. The van der Waals surface area contributed by atoms with E-state index in [4.69, 9.17) is 4.74 Å². The molecule has 2 rings (SSSR count). The molecule has 2 aromatic rings. The zero-order valence-corrected chi connectivity index (χ0v) is 17.8. The van der Waals surface area contributed by atoms with Gasteiger partial charge in [0.05, 0.1) is 6.61 Å². The van der Waals surface area contributed by atoms with Crippen molar-refractivity contribution in [3.8, 4) is 0 Å². The minimum Gasteiger partial charge on any atom is -0.377 e. The molecule has 0 saturated heterocycles. The molecule has 0 aliphatic rings. The van der Waals surface area contributed by atoms with Crippen LogP contribution in [0.4, 0.5) is 0 Å². The number of halogens is 1. The van der Waals surface area contributed by atoms with E-state index in [9.17, 15) is 0 Å². The van der Waals surface area contributed by atoms with Crippen LogP contribution in [-0.2, 0) is 17.9 Å². The first kappa shape index (κ1) is 22.4. The number of nitrogens with zero attached hydrogens (tertiary/aromatic N) is 3. The minimum absolute atomic E-state index is 0. The molecular formula is C19H30IN5O. The minimum atomic E-state index is 0. The number of aryl methyl sites for hydroxylation is 1. The highest BCUT2D eigenvalue weighted by molar-refractivity contribution is 14.0. The zero-order chi connectivity index (χ0) is 17.6. The van der Waals surface area contributed by atoms with Crippen molar-refractivity contribution in [3.05, 3.63) is 54.4 Å². The van der Waals surface area contributed by atoms with Gasteiger partial charge in [0.1, 0.15) is 0 Å². The molecule has 0 radical (unpaired) electrons. The van der Waals surface area contributed by atoms with E-state index in [-0.39, 0.29) is 24.0 Å². The Hall–Kier alpha value is -1.61. The molecule has 1 heterocycles. The monoisotopic (exact) mass is 471 g/mol. The summed E-state index contributed by atoms with van der Waals surface area (Å²) in [4.78, 5) is 4.24. The van der Waals surface area contributed by atoms with Crippen molar-refractivity contribution >= 4 is 29.9 Å². The Morgan fingerprint density at radius 3 is 2.54 bits per heavy atom. The van der Waals surface area contributed by atoms with Gasteiger partial charge in [-0.2, -0.15) is 5.10 Å². The fourth-order valence-corrected chi connectivity index (χ4v) is 2.40. The van der Waals surface area contributed by atoms with Gasteiger partial charge in [0.15, 0.2) is 5.96 Å². The molecule has 6 nitrogen and oxygen atoms in total. The van der Waals surface area contributed by atoms with Crippen molar-refractivity contribution < 1.29 is 4.74 Å². The third-order valence-corrected chi connectivity index (χ3v) is 3.76. The molecule has 0 aliphatic heterocycles. The van der Waals surface area contributed by atoms with E-state index in [2.05, 4.69) is 32.9 Å². The molecule has 0 bridgehead atoms. The van der Waals surface area contributed by atoms with E-state index in [0.717, 1.165) is 51.5 Å². The van der Waals surface area contributed by atoms with E-state index in [1.165, 1.54) is 5.56 Å². The molecule has 2 N–H and O–H groups in total. The van der Waals surface area contributed by atoms with E-state index in [1.54, 1.807) is 13.2 Å². The van der Waals surface area contributed by atoms with E-state index in [1.807, 2.05) is 35.1 Å². The lowest BCUT2D eigenvalue weighted by molar-refractivity contribution is 0.117. The van der Waals surface area contributed by atoms with E-state index >= 15 is 0 Å². The highest BCUT2D eigenvalue weighted by atomic mass is 127. The second kappa shape index (κ2) is 14.5. The van der Waals surface area contributed by atoms with Gasteiger partial charge in [0.25, 0.3) is 0 Å². The Kier molecular flexibility index (Phi) is 12.6. The van der Waals surface area contributed by atoms with Gasteiger partial charge < -0.3 is 15.4 Å². The summed E-state index contributed by atoms with van der Waals surface area (Å²) in [5.41, 5.74) is 1.22. The Balaban J connectivity index is 0.00000338. The van der Waals surface area contributed by atoms with Gasteiger partial charge >= 0.3 is 0 Å². The number of aromatic nitrogens is 2. The van der Waals surface area contributed by atoms with Gasteiger partial charge in [0, 0.05) is 45.7 Å². The summed E-state index contributed by atoms with van der Waals surface area (Å²) in [5.74, 6) is 0.852. The molecule has 0 aliphatic carbocycles. The van der Waals surface area contributed by atoms with Crippen LogP contribution in [0.2, 0.25) is 0 Å². The van der Waals surface area contributed by atoms with Gasteiger partial charge in [-0.05, 0) is 30.9 Å². The number of ether oxygens (including phenoxy) is 1. The maximum absolute atomic E-state index is 5.69. The van der Waals surface area contributed by atoms with Crippen LogP contribution >= 0.6 is 24.0 Å². The van der Waals surface area contributed by atoms with Crippen molar-refractivity contribution in [1.29, 1.82) is 0 Å². The standard InChI is InChI=1S/C19H29N5O.HI/c1-20-19(22-12-7-14-24-15-8-13-23-24)21-11-5-6-16-25-17-18-9-3-2-4-10-18;/h2-4,8-10,13,15H,5-7,11-12,14,16-17H2,1H3,(H2,20,21,22);1H. The number of benzene rings is 1. The molecule has 26 heavy (non-hydrogen) atoms. The van der Waals surface area contributed by atoms with Crippen LogP contribution in [0.25, 0.3) is 0 Å². The molecule has 144 valence electrons. The van der Waals surface area contributed by atoms with Gasteiger partial charge in [-0.25, -0.2) is 0 Å². The summed E-state index contributed by atoms with van der Waals surface area (Å²) >= 11 is 0. The number of hydrogen-bond acceptors (Lipinski definition) is 3. The molecular weight excluding hydrogens is 441 g/mol. The maximum Gasteiger partial charge on any atom is 0.190 e. The van der Waals surface area contributed by atoms with Crippen molar-refractivity contribution in [2.75, 3.05) is 26.7 Å². The smallest absolute Gasteiger partial charge is 0.190 e. The summed E-state index contributed by atoms with van der Waals surface area (Å²) in [6, 6.07) is 12.2. The summed E-state index contributed by atoms with van der Waals surface area (Å²) < 4.78 is 7.62. The lowest BCUT2D eigenvalue weighted by atomic mass is 10.2. The molecule has 0 atom stereocenters. The molecule has 0 spiro atoms. The number of hydrogen-bond donors (Lipinski definition) is 2. The number of nitrogens with one attached hydrogen (secondary N) is 2. The molecule has 1 aromatic heterocycles. The second-order valence-corrected chi connectivity index (χ2v) is 5.79. The van der Waals surface area contributed by atoms with Crippen LogP contribution in [-0.4, -0.2) is 42.5 Å². The molecule has 0 amide bonds. The van der Waals surface area contributed by atoms with Crippen molar-refractivity contribution in [3.63, 3.8) is 0 Å². The lowest BCUT2D eigenvalue weighted by Crippen LogP contribution is -2.38. The number of unbranched alkanes of at least 4 members (excludes halogenated alkanes) is 1. The van der Waals surface area contributed by atoms with Crippen LogP contribution in [0, 0.1) is 0 Å². The van der Waals surface area contributed by atoms with Gasteiger partial charge in [-0.1, -0.05) is 30.3 Å². The van der Waals surface area contributed by atoms with E-state index in [0.29, 0.717) is 6.61 Å². The molecule has 7 heteroatoms. The van der Waals surface area contributed by atoms with Crippen LogP contribution in [0.15, 0.2) is 53.8 Å². The second-order valence-electron chi connectivity index (χ2n) is 5.79. The Bertz CT molecular complexity index is 589. The first-order valence-electron chi connectivity index (χ1n) is 8.92. The summed E-state index contributed by atoms with van der Waals surface area (Å²) in [5, 5.41) is 10.8. The normalized spacial score (nSPS) is 11.0. The Morgan fingerprint density at radius 1 is 1.08 bits per heavy atom. The van der Waals surface area contributed by atoms with Crippen molar-refractivity contribution in [2.45, 2.75) is 32.4 Å². The van der Waals surface area contributed by atoms with Crippen LogP contribution in [0.3, 0.4) is 0 Å². The first-order valence-corrected chi connectivity index (χ1v) is 8.92. The topological polar surface area (TPSA) is 63.5 Å². The highest BCUT2D eigenvalue weighted by Gasteiger charge is 1.98. The first-order chi connectivity index (χ1) is 12.4. The quantitative estimate of drug-likeness (QED) is 0.229. The molecule has 1 aromatic carbocycles. The fourth-order valence-electron chi connectivity index (χ4n) is 2.40. The molecule has 0 saturated carbocycles. The average Bonchev–Trinajstić information content (AvgIpc) is 3.17. The van der Waals surface area contributed by atoms with Crippen LogP contribution < -0.4 is 10.6 Å². The Morgan fingerprint density at radius 2 is 1.85 bits per heavy atom. The lowest BCUT2D eigenvalue weighted by Gasteiger charge is -2.12. The SMILES string of the molecule is CN=C(NCCCCOCc1ccccc1)NCCCn1cccn1.I. The highest BCUT2D eigenvalue weighted by Crippen LogP contribution is 2.01. The van der Waals surface area contributed by atoms with Crippen molar-refractivity contribution in [1.82, 2.24) is 20.4 Å². The number of aliphatic imine (C=N–C) groups is 1. The van der Waals surface area contributed by atoms with E-state index < -0.39 is 0 Å². The van der Waals surface area contributed by atoms with Crippen molar-refractivity contribution in [2.24, 2.45) is 4.99 Å². The van der Waals surface area contributed by atoms with Gasteiger partial charge in [0.2, 0.25) is 0 Å². The number of guanidine groups is 1. The molecule has 0 fully saturated rings. The molecule has 0 unspecified atom stereocenters. The average molecular weight is 471 g/mol. The summed E-state index contributed by atoms with van der Waals surface area (Å²) in [6.45, 7) is 4.16. The Labute approximate surface area is 173 Å². The summed E-state index contributed by atoms with van der Waals surface area (Å²) in [6.07, 6.45) is 6.89. The largest absolute Gasteiger partial charge is 0.377 e. The predicted octanol–water partition coefficient (Wildman–Crippen LogP) is 3.05. The zero-order valence-electron chi connectivity index (χ0n) is 15.4. The number of rotatable bonds is 11. The van der Waals surface area contributed by atoms with Gasteiger partial charge in [-0.15, -0.1) is 24.0 Å².